The predicted octanol–water partition coefficient (Wildman–Crippen LogP) is 3.14. The van der Waals surface area contributed by atoms with Crippen molar-refractivity contribution in [1.29, 1.82) is 0 Å². The van der Waals surface area contributed by atoms with Gasteiger partial charge in [0.1, 0.15) is 11.1 Å². The van der Waals surface area contributed by atoms with E-state index in [4.69, 9.17) is 10.5 Å². The van der Waals surface area contributed by atoms with Crippen LogP contribution in [0, 0.1) is 5.82 Å². The molecule has 2 aromatic carbocycles. The maximum Gasteiger partial charge on any atom is 0.235 e. The van der Waals surface area contributed by atoms with Crippen LogP contribution in [-0.2, 0) is 16.1 Å². The van der Waals surface area contributed by atoms with Gasteiger partial charge in [0.05, 0.1) is 17.6 Å². The van der Waals surface area contributed by atoms with Crippen LogP contribution in [0.25, 0.3) is 11.0 Å². The number of benzene rings is 2. The molecule has 0 saturated heterocycles. The molecule has 0 saturated carbocycles. The number of nitrogens with zero attached hydrogens (tertiary/aromatic N) is 2. The molecule has 25 heavy (non-hydrogen) atoms. The first-order valence-corrected chi connectivity index (χ1v) is 8.63. The highest BCUT2D eigenvalue weighted by Gasteiger charge is 2.23. The molecule has 2 N–H and O–H groups in total. The Hall–Kier alpha value is -2.38. The van der Waals surface area contributed by atoms with E-state index in [0.717, 1.165) is 11.0 Å². The molecule has 130 valence electrons. The second-order valence-electron chi connectivity index (χ2n) is 5.48. The van der Waals surface area contributed by atoms with Gasteiger partial charge in [0.2, 0.25) is 5.91 Å². The number of imidazole rings is 1. The van der Waals surface area contributed by atoms with E-state index >= 15 is 0 Å². The molecular formula is C18H18FN3O2S. The van der Waals surface area contributed by atoms with Crippen molar-refractivity contribution in [3.63, 3.8) is 0 Å². The number of fused-ring (bicyclic) bond motifs is 1. The Kier molecular flexibility index (Phi) is 5.35. The Balaban J connectivity index is 1.99. The van der Waals surface area contributed by atoms with Gasteiger partial charge in [0.25, 0.3) is 0 Å². The summed E-state index contributed by atoms with van der Waals surface area (Å²) in [4.78, 5) is 16.6. The minimum atomic E-state index is -0.654. The maximum absolute atomic E-state index is 13.2. The monoisotopic (exact) mass is 359 g/mol. The number of carbonyl (C=O) groups excluding carboxylic acids is 1. The second-order valence-corrected chi connectivity index (χ2v) is 6.55. The van der Waals surface area contributed by atoms with Gasteiger partial charge in [-0.2, -0.15) is 0 Å². The van der Waals surface area contributed by atoms with Crippen molar-refractivity contribution in [1.82, 2.24) is 9.55 Å². The Bertz CT molecular complexity index is 880. The largest absolute Gasteiger partial charge is 0.383 e. The van der Waals surface area contributed by atoms with Crippen molar-refractivity contribution in [2.75, 3.05) is 13.7 Å². The van der Waals surface area contributed by atoms with E-state index in [9.17, 15) is 9.18 Å². The number of rotatable bonds is 7. The van der Waals surface area contributed by atoms with Crippen LogP contribution in [0.3, 0.4) is 0 Å². The third kappa shape index (κ3) is 3.83. The van der Waals surface area contributed by atoms with Gasteiger partial charge >= 0.3 is 0 Å². The fourth-order valence-corrected chi connectivity index (χ4v) is 3.66. The lowest BCUT2D eigenvalue weighted by Crippen LogP contribution is -2.19. The zero-order valence-electron chi connectivity index (χ0n) is 13.7. The van der Waals surface area contributed by atoms with Gasteiger partial charge < -0.3 is 15.0 Å². The Morgan fingerprint density at radius 1 is 1.28 bits per heavy atom. The van der Waals surface area contributed by atoms with Gasteiger partial charge in [-0.05, 0) is 29.8 Å². The molecule has 1 atom stereocenters. The van der Waals surface area contributed by atoms with Crippen LogP contribution in [0.5, 0.6) is 0 Å². The Labute approximate surface area is 149 Å². The summed E-state index contributed by atoms with van der Waals surface area (Å²) in [5.41, 5.74) is 8.03. The Morgan fingerprint density at radius 2 is 2.00 bits per heavy atom. The summed E-state index contributed by atoms with van der Waals surface area (Å²) in [6.45, 7) is 1.12. The molecule has 0 radical (unpaired) electrons. The summed E-state index contributed by atoms with van der Waals surface area (Å²) in [5.74, 6) is -0.855. The molecular weight excluding hydrogens is 341 g/mol. The topological polar surface area (TPSA) is 70.1 Å². The number of halogens is 1. The molecule has 5 nitrogen and oxygen atoms in total. The summed E-state index contributed by atoms with van der Waals surface area (Å²) in [5, 5.41) is 0.0186. The molecule has 7 heteroatoms. The molecule has 0 unspecified atom stereocenters. The number of para-hydroxylation sites is 2. The zero-order chi connectivity index (χ0) is 17.8. The molecule has 3 rings (SSSR count). The summed E-state index contributed by atoms with van der Waals surface area (Å²) in [6, 6.07) is 13.5. The van der Waals surface area contributed by atoms with Crippen LogP contribution in [0.1, 0.15) is 10.8 Å². The number of nitrogens with two attached hydrogens (primary N) is 1. The number of amides is 1. The number of thioether (sulfide) groups is 1. The first kappa shape index (κ1) is 17.4. The molecule has 3 aromatic rings. The van der Waals surface area contributed by atoms with Crippen LogP contribution in [0.4, 0.5) is 4.39 Å². The highest BCUT2D eigenvalue weighted by molar-refractivity contribution is 8.00. The molecule has 1 aromatic heterocycles. The third-order valence-corrected chi connectivity index (χ3v) is 5.06. The van der Waals surface area contributed by atoms with Crippen LogP contribution in [0.15, 0.2) is 53.7 Å². The van der Waals surface area contributed by atoms with E-state index in [0.29, 0.717) is 23.9 Å². The van der Waals surface area contributed by atoms with Crippen molar-refractivity contribution in [3.8, 4) is 0 Å². The van der Waals surface area contributed by atoms with Gasteiger partial charge in [-0.3, -0.25) is 4.79 Å². The van der Waals surface area contributed by atoms with E-state index in [-0.39, 0.29) is 5.82 Å². The lowest BCUT2D eigenvalue weighted by Gasteiger charge is -2.14. The van der Waals surface area contributed by atoms with E-state index in [1.807, 2.05) is 28.8 Å². The zero-order valence-corrected chi connectivity index (χ0v) is 14.5. The number of primary amides is 1. The smallest absolute Gasteiger partial charge is 0.235 e. The molecule has 1 heterocycles. The summed E-state index contributed by atoms with van der Waals surface area (Å²) in [7, 11) is 1.64. The van der Waals surface area contributed by atoms with Crippen molar-refractivity contribution >= 4 is 28.7 Å². The van der Waals surface area contributed by atoms with Crippen molar-refractivity contribution < 1.29 is 13.9 Å². The molecule has 1 amide bonds. The van der Waals surface area contributed by atoms with Crippen LogP contribution in [0.2, 0.25) is 0 Å². The lowest BCUT2D eigenvalue weighted by molar-refractivity contribution is -0.117. The number of ether oxygens (including phenoxy) is 1. The van der Waals surface area contributed by atoms with E-state index in [1.54, 1.807) is 19.2 Å². The number of hydrogen-bond donors (Lipinski definition) is 1. The van der Waals surface area contributed by atoms with Gasteiger partial charge in [-0.15, -0.1) is 0 Å². The third-order valence-electron chi connectivity index (χ3n) is 3.79. The van der Waals surface area contributed by atoms with E-state index in [2.05, 4.69) is 4.98 Å². The molecule has 0 aliphatic carbocycles. The van der Waals surface area contributed by atoms with E-state index in [1.165, 1.54) is 23.9 Å². The maximum atomic E-state index is 13.2. The minimum absolute atomic E-state index is 0.357. The van der Waals surface area contributed by atoms with Gasteiger partial charge in [0, 0.05) is 13.7 Å². The van der Waals surface area contributed by atoms with E-state index < -0.39 is 11.2 Å². The number of hydrogen-bond acceptors (Lipinski definition) is 4. The first-order chi connectivity index (χ1) is 12.1. The predicted molar refractivity (Wildman–Crippen MR) is 95.8 cm³/mol. The van der Waals surface area contributed by atoms with Crippen molar-refractivity contribution in [3.05, 3.63) is 59.9 Å². The highest BCUT2D eigenvalue weighted by Crippen LogP contribution is 2.36. The summed E-state index contributed by atoms with van der Waals surface area (Å²) >= 11 is 1.26. The quantitative estimate of drug-likeness (QED) is 0.658. The fourth-order valence-electron chi connectivity index (χ4n) is 2.58. The number of carbonyl (C=O) groups is 1. The van der Waals surface area contributed by atoms with Crippen LogP contribution in [-0.4, -0.2) is 29.2 Å². The molecule has 0 fully saturated rings. The standard InChI is InChI=1S/C18H18FN3O2S/c1-24-11-10-22-15-5-3-2-4-14(15)21-18(22)25-16(17(20)23)12-6-8-13(19)9-7-12/h2-9,16H,10-11H2,1H3,(H2,20,23)/t16-/m1/s1. The second kappa shape index (κ2) is 7.67. The molecule has 0 aliphatic heterocycles. The Morgan fingerprint density at radius 3 is 2.68 bits per heavy atom. The van der Waals surface area contributed by atoms with Crippen molar-refractivity contribution in [2.24, 2.45) is 5.73 Å². The van der Waals surface area contributed by atoms with Gasteiger partial charge in [0.15, 0.2) is 5.16 Å². The fraction of sp³-hybridized carbons (Fsp3) is 0.222. The lowest BCUT2D eigenvalue weighted by atomic mass is 10.1. The molecule has 0 aliphatic rings. The van der Waals surface area contributed by atoms with Crippen molar-refractivity contribution in [2.45, 2.75) is 17.0 Å². The van der Waals surface area contributed by atoms with Gasteiger partial charge in [-0.25, -0.2) is 9.37 Å². The van der Waals surface area contributed by atoms with Gasteiger partial charge in [-0.1, -0.05) is 36.0 Å². The first-order valence-electron chi connectivity index (χ1n) is 7.76. The average molecular weight is 359 g/mol. The molecule has 0 spiro atoms. The summed E-state index contributed by atoms with van der Waals surface area (Å²) < 4.78 is 20.3. The SMILES string of the molecule is COCCn1c(S[C@@H](C(N)=O)c2ccc(F)cc2)nc2ccccc21. The minimum Gasteiger partial charge on any atom is -0.383 e. The molecule has 0 bridgehead atoms. The number of methoxy groups -OCH3 is 1. The van der Waals surface area contributed by atoms with Crippen LogP contribution >= 0.6 is 11.8 Å². The highest BCUT2D eigenvalue weighted by atomic mass is 32.2. The normalized spacial score (nSPS) is 12.4. The number of aromatic nitrogens is 2. The average Bonchev–Trinajstić information content (AvgIpc) is 2.96. The van der Waals surface area contributed by atoms with Crippen LogP contribution < -0.4 is 5.73 Å². The summed E-state index contributed by atoms with van der Waals surface area (Å²) in [6.07, 6.45) is 0.